The Kier molecular flexibility index (Phi) is 7.77. The molecule has 7 nitrogen and oxygen atoms in total. The first-order valence-corrected chi connectivity index (χ1v) is 10.0. The highest BCUT2D eigenvalue weighted by molar-refractivity contribution is 7.89. The van der Waals surface area contributed by atoms with Crippen LogP contribution >= 0.6 is 0 Å². The molecule has 0 radical (unpaired) electrons. The number of nitrogens with zero attached hydrogens (tertiary/aromatic N) is 1. The number of sulfonamides is 1. The number of nitrogens with one attached hydrogen (secondary N) is 1. The molecule has 0 saturated heterocycles. The molecule has 26 heavy (non-hydrogen) atoms. The number of esters is 1. The predicted octanol–water partition coefficient (Wildman–Crippen LogP) is 1.85. The average molecular weight is 384 g/mol. The minimum Gasteiger partial charge on any atom is -0.454 e. The number of rotatable bonds is 8. The molecule has 0 fully saturated rings. The van der Waals surface area contributed by atoms with Crippen molar-refractivity contribution in [1.82, 2.24) is 9.62 Å². The van der Waals surface area contributed by atoms with Crippen LogP contribution in [0.2, 0.25) is 0 Å². The van der Waals surface area contributed by atoms with Crippen LogP contribution in [0.4, 0.5) is 0 Å². The molecule has 0 bridgehead atoms. The second-order valence-electron chi connectivity index (χ2n) is 6.75. The van der Waals surface area contributed by atoms with E-state index in [9.17, 15) is 18.0 Å². The average Bonchev–Trinajstić information content (AvgIpc) is 2.51. The fourth-order valence-corrected chi connectivity index (χ4v) is 3.76. The molecule has 0 unspecified atom stereocenters. The van der Waals surface area contributed by atoms with Crippen molar-refractivity contribution in [2.75, 3.05) is 6.61 Å². The van der Waals surface area contributed by atoms with Crippen molar-refractivity contribution in [3.63, 3.8) is 0 Å². The minimum absolute atomic E-state index is 0.0290. The summed E-state index contributed by atoms with van der Waals surface area (Å²) in [6.45, 7) is 10.3. The fraction of sp³-hybridized carbons (Fsp3) is 0.556. The molecule has 0 aliphatic heterocycles. The van der Waals surface area contributed by atoms with Crippen LogP contribution in [0, 0.1) is 6.92 Å². The Bertz CT molecular complexity index is 718. The van der Waals surface area contributed by atoms with Gasteiger partial charge in [-0.15, -0.1) is 0 Å². The van der Waals surface area contributed by atoms with E-state index >= 15 is 0 Å². The van der Waals surface area contributed by atoms with Crippen molar-refractivity contribution in [3.8, 4) is 0 Å². The maximum absolute atomic E-state index is 12.3. The summed E-state index contributed by atoms with van der Waals surface area (Å²) >= 11 is 0. The van der Waals surface area contributed by atoms with E-state index in [1.807, 2.05) is 34.6 Å². The van der Waals surface area contributed by atoms with Gasteiger partial charge in [-0.3, -0.25) is 9.59 Å². The van der Waals surface area contributed by atoms with Crippen LogP contribution < -0.4 is 4.72 Å². The van der Waals surface area contributed by atoms with Gasteiger partial charge in [0.15, 0.2) is 6.61 Å². The Morgan fingerprint density at radius 3 is 2.00 bits per heavy atom. The molecule has 0 aliphatic carbocycles. The van der Waals surface area contributed by atoms with Gasteiger partial charge in [0.25, 0.3) is 5.91 Å². The molecule has 1 N–H and O–H groups in total. The van der Waals surface area contributed by atoms with Crippen LogP contribution in [0.25, 0.3) is 0 Å². The molecule has 0 heterocycles. The van der Waals surface area contributed by atoms with Gasteiger partial charge in [0.05, 0.1) is 4.90 Å². The minimum atomic E-state index is -3.85. The number of carbonyl (C=O) groups is 2. The molecule has 0 aromatic heterocycles. The third-order valence-electron chi connectivity index (χ3n) is 3.76. The van der Waals surface area contributed by atoms with Crippen molar-refractivity contribution < 1.29 is 22.7 Å². The molecule has 1 aromatic carbocycles. The summed E-state index contributed by atoms with van der Waals surface area (Å²) in [5, 5.41) is 0. The topological polar surface area (TPSA) is 92.8 Å². The van der Waals surface area contributed by atoms with Gasteiger partial charge in [0.1, 0.15) is 6.04 Å². The smallest absolute Gasteiger partial charge is 0.324 e. The summed E-state index contributed by atoms with van der Waals surface area (Å²) in [4.78, 5) is 25.9. The Balaban J connectivity index is 2.67. The molecule has 8 heteroatoms. The highest BCUT2D eigenvalue weighted by Crippen LogP contribution is 2.11. The number of carbonyl (C=O) groups excluding carboxylic acids is 2. The van der Waals surface area contributed by atoms with Crippen molar-refractivity contribution in [3.05, 3.63) is 29.8 Å². The maximum atomic E-state index is 12.3. The van der Waals surface area contributed by atoms with Gasteiger partial charge in [0, 0.05) is 12.1 Å². The quantitative estimate of drug-likeness (QED) is 0.691. The molecule has 1 amide bonds. The van der Waals surface area contributed by atoms with E-state index < -0.39 is 28.6 Å². The first kappa shape index (κ1) is 22.1. The molecule has 1 atom stereocenters. The molecule has 0 saturated carbocycles. The summed E-state index contributed by atoms with van der Waals surface area (Å²) in [6, 6.07) is 5.09. The van der Waals surface area contributed by atoms with E-state index in [2.05, 4.69) is 4.72 Å². The fourth-order valence-electron chi connectivity index (χ4n) is 2.57. The third-order valence-corrected chi connectivity index (χ3v) is 5.31. The van der Waals surface area contributed by atoms with Crippen molar-refractivity contribution >= 4 is 21.9 Å². The lowest BCUT2D eigenvalue weighted by Gasteiger charge is -2.30. The zero-order valence-corrected chi connectivity index (χ0v) is 17.0. The van der Waals surface area contributed by atoms with Crippen LogP contribution in [0.15, 0.2) is 29.2 Å². The Morgan fingerprint density at radius 1 is 1.04 bits per heavy atom. The second-order valence-corrected chi connectivity index (χ2v) is 8.47. The van der Waals surface area contributed by atoms with E-state index in [1.54, 1.807) is 17.0 Å². The monoisotopic (exact) mass is 384 g/mol. The van der Waals surface area contributed by atoms with Gasteiger partial charge in [-0.2, -0.15) is 4.72 Å². The lowest BCUT2D eigenvalue weighted by Crippen LogP contribution is -2.45. The Hall–Kier alpha value is -1.93. The predicted molar refractivity (Wildman–Crippen MR) is 99.0 cm³/mol. The highest BCUT2D eigenvalue weighted by Gasteiger charge is 2.25. The molecular weight excluding hydrogens is 356 g/mol. The molecule has 1 rings (SSSR count). The lowest BCUT2D eigenvalue weighted by atomic mass is 10.2. The summed E-state index contributed by atoms with van der Waals surface area (Å²) in [6.07, 6.45) is 0. The Morgan fingerprint density at radius 2 is 1.54 bits per heavy atom. The Labute approximate surface area is 155 Å². The van der Waals surface area contributed by atoms with Crippen molar-refractivity contribution in [2.24, 2.45) is 0 Å². The van der Waals surface area contributed by atoms with E-state index in [0.717, 1.165) is 5.56 Å². The number of amides is 1. The lowest BCUT2D eigenvalue weighted by molar-refractivity contribution is -0.154. The van der Waals surface area contributed by atoms with Gasteiger partial charge in [-0.25, -0.2) is 8.42 Å². The first-order valence-electron chi connectivity index (χ1n) is 8.52. The zero-order chi connectivity index (χ0) is 20.1. The van der Waals surface area contributed by atoms with E-state index in [-0.39, 0.29) is 22.9 Å². The summed E-state index contributed by atoms with van der Waals surface area (Å²) in [5.41, 5.74) is 0.926. The number of hydrogen-bond donors (Lipinski definition) is 1. The van der Waals surface area contributed by atoms with E-state index in [4.69, 9.17) is 4.74 Å². The summed E-state index contributed by atoms with van der Waals surface area (Å²) < 4.78 is 31.8. The van der Waals surface area contributed by atoms with Gasteiger partial charge in [0.2, 0.25) is 10.0 Å². The van der Waals surface area contributed by atoms with E-state index in [1.165, 1.54) is 19.1 Å². The van der Waals surface area contributed by atoms with Crippen LogP contribution in [0.3, 0.4) is 0 Å². The normalized spacial score (nSPS) is 12.9. The molecule has 1 aromatic rings. The van der Waals surface area contributed by atoms with Crippen LogP contribution in [-0.2, 0) is 24.3 Å². The van der Waals surface area contributed by atoms with Crippen LogP contribution in [0.5, 0.6) is 0 Å². The first-order chi connectivity index (χ1) is 12.0. The van der Waals surface area contributed by atoms with Gasteiger partial charge in [-0.05, 0) is 53.7 Å². The van der Waals surface area contributed by atoms with E-state index in [0.29, 0.717) is 0 Å². The third kappa shape index (κ3) is 6.10. The number of aryl methyl sites for hydroxylation is 1. The standard InChI is InChI=1S/C18H28N2O5S/c1-12(2)20(13(3)4)17(21)11-25-18(22)15(6)19-26(23,24)16-9-7-14(5)8-10-16/h7-10,12-13,15,19H,11H2,1-6H3/t15-/m0/s1. The van der Waals surface area contributed by atoms with Crippen LogP contribution in [0.1, 0.15) is 40.2 Å². The van der Waals surface area contributed by atoms with Gasteiger partial charge >= 0.3 is 5.97 Å². The van der Waals surface area contributed by atoms with Gasteiger partial charge < -0.3 is 9.64 Å². The van der Waals surface area contributed by atoms with Crippen LogP contribution in [-0.4, -0.2) is 49.9 Å². The molecule has 0 aliphatic rings. The SMILES string of the molecule is Cc1ccc(S(=O)(=O)N[C@@H](C)C(=O)OCC(=O)N(C(C)C)C(C)C)cc1. The molecule has 0 spiro atoms. The van der Waals surface area contributed by atoms with Gasteiger partial charge in [-0.1, -0.05) is 17.7 Å². The van der Waals surface area contributed by atoms with Crippen molar-refractivity contribution in [1.29, 1.82) is 0 Å². The number of benzene rings is 1. The number of ether oxygens (including phenoxy) is 1. The summed E-state index contributed by atoms with van der Waals surface area (Å²) in [5.74, 6) is -1.13. The number of hydrogen-bond acceptors (Lipinski definition) is 5. The highest BCUT2D eigenvalue weighted by atomic mass is 32.2. The maximum Gasteiger partial charge on any atom is 0.324 e. The largest absolute Gasteiger partial charge is 0.454 e. The second kappa shape index (κ2) is 9.14. The molecular formula is C18H28N2O5S. The zero-order valence-electron chi connectivity index (χ0n) is 16.1. The van der Waals surface area contributed by atoms with Crippen molar-refractivity contribution in [2.45, 2.75) is 64.6 Å². The summed E-state index contributed by atoms with van der Waals surface area (Å²) in [7, 11) is -3.85. The molecule has 146 valence electrons.